The lowest BCUT2D eigenvalue weighted by molar-refractivity contribution is -0.166. The number of hydrogen-bond donors (Lipinski definition) is 0. The highest BCUT2D eigenvalue weighted by Crippen LogP contribution is 2.30. The zero-order valence-electron chi connectivity index (χ0n) is 11.5. The van der Waals surface area contributed by atoms with E-state index in [0.717, 1.165) is 14.0 Å². The molecule has 0 aliphatic carbocycles. The second-order valence-electron chi connectivity index (χ2n) is 4.34. The van der Waals surface area contributed by atoms with Gasteiger partial charge in [-0.25, -0.2) is 4.79 Å². The van der Waals surface area contributed by atoms with Gasteiger partial charge in [-0.15, -0.1) is 0 Å². The monoisotopic (exact) mass is 272 g/mol. The molecule has 8 radical (unpaired) electrons. The second-order valence-corrected chi connectivity index (χ2v) is 4.34. The van der Waals surface area contributed by atoms with Crippen molar-refractivity contribution in [2.75, 3.05) is 7.11 Å². The molecular formula is C10H12B4O6. The molecule has 10 heteroatoms. The van der Waals surface area contributed by atoms with Gasteiger partial charge in [0.25, 0.3) is 5.97 Å². The van der Waals surface area contributed by atoms with E-state index < -0.39 is 41.0 Å². The summed E-state index contributed by atoms with van der Waals surface area (Å²) in [5, 5.41) is -4.20. The lowest BCUT2D eigenvalue weighted by Crippen LogP contribution is -2.44. The Morgan fingerprint density at radius 3 is 2.05 bits per heavy atom. The van der Waals surface area contributed by atoms with E-state index in [4.69, 9.17) is 36.1 Å². The summed E-state index contributed by atoms with van der Waals surface area (Å²) in [4.78, 5) is 33.6. The Hall–Kier alpha value is -1.33. The molecule has 100 valence electrons. The van der Waals surface area contributed by atoms with Crippen LogP contribution < -0.4 is 0 Å². The van der Waals surface area contributed by atoms with E-state index >= 15 is 0 Å². The number of carbonyl (C=O) groups is 3. The fraction of sp³-hybridized carbons (Fsp3) is 0.700. The van der Waals surface area contributed by atoms with Crippen LogP contribution >= 0.6 is 0 Å². The van der Waals surface area contributed by atoms with Gasteiger partial charge in [-0.3, -0.25) is 9.59 Å². The van der Waals surface area contributed by atoms with E-state index in [0.29, 0.717) is 0 Å². The second kappa shape index (κ2) is 6.90. The highest BCUT2D eigenvalue weighted by atomic mass is 16.6. The molecule has 20 heavy (non-hydrogen) atoms. The Kier molecular flexibility index (Phi) is 6.44. The predicted octanol–water partition coefficient (Wildman–Crippen LogP) is -1.51. The minimum Gasteiger partial charge on any atom is -0.480 e. The smallest absolute Gasteiger partial charge is 0.346 e. The summed E-state index contributed by atoms with van der Waals surface area (Å²) >= 11 is 0. The summed E-state index contributed by atoms with van der Waals surface area (Å²) < 4.78 is 13.6. The molecule has 0 aliphatic rings. The molecule has 6 nitrogen and oxygen atoms in total. The molecule has 0 aromatic carbocycles. The molecule has 0 aliphatic heterocycles. The van der Waals surface area contributed by atoms with Gasteiger partial charge in [0.15, 0.2) is 6.10 Å². The lowest BCUT2D eigenvalue weighted by atomic mass is 9.45. The Morgan fingerprint density at radius 1 is 1.15 bits per heavy atom. The average molecular weight is 271 g/mol. The van der Waals surface area contributed by atoms with Crippen molar-refractivity contribution in [2.45, 2.75) is 37.0 Å². The third-order valence-corrected chi connectivity index (χ3v) is 2.10. The number of carbonyl (C=O) groups excluding carboxylic acids is 3. The molecule has 0 saturated carbocycles. The summed E-state index contributed by atoms with van der Waals surface area (Å²) in [5.41, 5.74) is 0. The van der Waals surface area contributed by atoms with Gasteiger partial charge in [-0.2, -0.15) is 0 Å². The fourth-order valence-electron chi connectivity index (χ4n) is 1.32. The molecular weight excluding hydrogens is 259 g/mol. The Labute approximate surface area is 122 Å². The Morgan fingerprint density at radius 2 is 1.65 bits per heavy atom. The van der Waals surface area contributed by atoms with Crippen LogP contribution in [0.2, 0.25) is 5.21 Å². The number of esters is 3. The predicted molar refractivity (Wildman–Crippen MR) is 72.4 cm³/mol. The topological polar surface area (TPSA) is 78.9 Å². The lowest BCUT2D eigenvalue weighted by Gasteiger charge is -2.35. The molecule has 0 spiro atoms. The van der Waals surface area contributed by atoms with Crippen LogP contribution in [-0.4, -0.2) is 67.9 Å². The highest BCUT2D eigenvalue weighted by molar-refractivity contribution is 6.51. The summed E-state index contributed by atoms with van der Waals surface area (Å²) in [7, 11) is 23.0. The van der Waals surface area contributed by atoms with Gasteiger partial charge in [-0.1, -0.05) is 0 Å². The van der Waals surface area contributed by atoms with Gasteiger partial charge in [0, 0.05) is 12.3 Å². The van der Waals surface area contributed by atoms with Crippen LogP contribution in [0.1, 0.15) is 20.3 Å². The Balaban J connectivity index is 4.75. The van der Waals surface area contributed by atoms with Crippen molar-refractivity contribution >= 4 is 49.3 Å². The third kappa shape index (κ3) is 6.21. The molecule has 0 amide bonds. The summed E-state index contributed by atoms with van der Waals surface area (Å²) in [6.45, 7) is 2.34. The number of rotatable bonds is 6. The maximum Gasteiger partial charge on any atom is 0.346 e. The van der Waals surface area contributed by atoms with Gasteiger partial charge in [0.2, 0.25) is 0 Å². The maximum absolute atomic E-state index is 11.7. The molecule has 0 N–H and O–H groups in total. The molecule has 1 atom stereocenters. The first-order chi connectivity index (χ1) is 8.91. The standard InChI is InChI=1S/C10H12B4O6/c1-5(7(16)18-3)19-8(17)9(11,12)4-10(13,14)20-6(2)15/h5H,4H2,1-3H3/t5-/m0/s1. The van der Waals surface area contributed by atoms with Crippen molar-refractivity contribution < 1.29 is 28.6 Å². The molecule has 0 fully saturated rings. The SMILES string of the molecule is [B]C([B])(CC([B])([B])C(=O)O[C@@H](C)C(=O)OC)OC(C)=O. The van der Waals surface area contributed by atoms with Gasteiger partial charge >= 0.3 is 11.9 Å². The van der Waals surface area contributed by atoms with E-state index in [1.54, 1.807) is 0 Å². The van der Waals surface area contributed by atoms with Crippen LogP contribution in [0.3, 0.4) is 0 Å². The quantitative estimate of drug-likeness (QED) is 0.332. The number of methoxy groups -OCH3 is 1. The molecule has 0 aromatic heterocycles. The molecule has 0 saturated heterocycles. The molecule has 0 bridgehead atoms. The van der Waals surface area contributed by atoms with Crippen LogP contribution in [0.5, 0.6) is 0 Å². The fourth-order valence-corrected chi connectivity index (χ4v) is 1.32. The average Bonchev–Trinajstić information content (AvgIpc) is 2.23. The first kappa shape index (κ1) is 18.7. The summed E-state index contributed by atoms with van der Waals surface area (Å²) in [6, 6.07) is 0. The first-order valence-electron chi connectivity index (χ1n) is 5.55. The van der Waals surface area contributed by atoms with Crippen molar-refractivity contribution in [1.82, 2.24) is 0 Å². The molecule has 0 unspecified atom stereocenters. The van der Waals surface area contributed by atoms with Crippen molar-refractivity contribution in [3.05, 3.63) is 0 Å². The maximum atomic E-state index is 11.7. The van der Waals surface area contributed by atoms with E-state index in [-0.39, 0.29) is 0 Å². The van der Waals surface area contributed by atoms with Gasteiger partial charge < -0.3 is 14.2 Å². The van der Waals surface area contributed by atoms with Crippen molar-refractivity contribution in [1.29, 1.82) is 0 Å². The number of hydrogen-bond acceptors (Lipinski definition) is 6. The van der Waals surface area contributed by atoms with E-state index in [1.165, 1.54) is 6.92 Å². The minimum absolute atomic E-state index is 0.619. The molecule has 0 rings (SSSR count). The van der Waals surface area contributed by atoms with Crippen LogP contribution in [0.25, 0.3) is 0 Å². The van der Waals surface area contributed by atoms with E-state index in [2.05, 4.69) is 9.47 Å². The first-order valence-corrected chi connectivity index (χ1v) is 5.55. The largest absolute Gasteiger partial charge is 0.480 e. The van der Waals surface area contributed by atoms with Crippen molar-refractivity contribution in [3.8, 4) is 0 Å². The van der Waals surface area contributed by atoms with Gasteiger partial charge in [0.1, 0.15) is 15.7 Å². The van der Waals surface area contributed by atoms with Crippen molar-refractivity contribution in [3.63, 3.8) is 0 Å². The number of ether oxygens (including phenoxy) is 3. The van der Waals surface area contributed by atoms with Crippen LogP contribution in [0.15, 0.2) is 0 Å². The zero-order chi connectivity index (χ0) is 16.1. The normalized spacial score (nSPS) is 13.2. The summed E-state index contributed by atoms with van der Waals surface area (Å²) in [6.07, 6.45) is -1.83. The highest BCUT2D eigenvalue weighted by Gasteiger charge is 2.37. The Bertz CT molecular complexity index is 395. The van der Waals surface area contributed by atoms with E-state index in [1.807, 2.05) is 0 Å². The molecule has 0 aromatic rings. The van der Waals surface area contributed by atoms with Gasteiger partial charge in [-0.05, 0) is 18.6 Å². The third-order valence-electron chi connectivity index (χ3n) is 2.10. The van der Waals surface area contributed by atoms with Crippen LogP contribution in [0.4, 0.5) is 0 Å². The zero-order valence-corrected chi connectivity index (χ0v) is 11.5. The van der Waals surface area contributed by atoms with Crippen molar-refractivity contribution in [2.24, 2.45) is 0 Å². The summed E-state index contributed by atoms with van der Waals surface area (Å²) in [5.74, 6) is -2.72. The van der Waals surface area contributed by atoms with Crippen LogP contribution in [0, 0.1) is 0 Å². The van der Waals surface area contributed by atoms with Crippen LogP contribution in [-0.2, 0) is 28.6 Å². The van der Waals surface area contributed by atoms with Gasteiger partial charge in [0.05, 0.1) is 22.8 Å². The van der Waals surface area contributed by atoms with E-state index in [9.17, 15) is 14.4 Å². The minimum atomic E-state index is -2.15. The molecule has 0 heterocycles.